The summed E-state index contributed by atoms with van der Waals surface area (Å²) < 4.78 is 0.992. The number of amides is 2. The quantitative estimate of drug-likeness (QED) is 0.795. The molecule has 0 unspecified atom stereocenters. The molecule has 1 aromatic rings. The van der Waals surface area contributed by atoms with Gasteiger partial charge in [0.15, 0.2) is 0 Å². The summed E-state index contributed by atoms with van der Waals surface area (Å²) in [5.41, 5.74) is 5.93. The zero-order chi connectivity index (χ0) is 8.97. The maximum Gasteiger partial charge on any atom is 0.312 e. The molecule has 4 heteroatoms. The average Bonchev–Trinajstić information content (AvgIpc) is 2.01. The number of hydrogen-bond donors (Lipinski definition) is 2. The molecule has 0 aliphatic carbocycles. The SMILES string of the molecule is NC(=O)NCc1cccc(Br)c1. The minimum atomic E-state index is -0.505. The molecular formula is C8H9BrN2O. The number of rotatable bonds is 2. The number of halogens is 1. The van der Waals surface area contributed by atoms with E-state index in [1.54, 1.807) is 0 Å². The lowest BCUT2D eigenvalue weighted by Crippen LogP contribution is -2.28. The fourth-order valence-electron chi connectivity index (χ4n) is 0.836. The summed E-state index contributed by atoms with van der Waals surface area (Å²) in [6.07, 6.45) is 0. The van der Waals surface area contributed by atoms with Crippen LogP contribution in [-0.4, -0.2) is 6.03 Å². The maximum atomic E-state index is 10.4. The van der Waals surface area contributed by atoms with Crippen LogP contribution in [0, 0.1) is 0 Å². The van der Waals surface area contributed by atoms with E-state index in [0.29, 0.717) is 6.54 Å². The first kappa shape index (κ1) is 9.06. The summed E-state index contributed by atoms with van der Waals surface area (Å²) >= 11 is 3.33. The van der Waals surface area contributed by atoms with Crippen LogP contribution in [0.5, 0.6) is 0 Å². The van der Waals surface area contributed by atoms with E-state index in [1.165, 1.54) is 0 Å². The molecule has 12 heavy (non-hydrogen) atoms. The number of primary amides is 1. The van der Waals surface area contributed by atoms with Crippen molar-refractivity contribution in [2.45, 2.75) is 6.54 Å². The highest BCUT2D eigenvalue weighted by Gasteiger charge is 1.94. The Kier molecular flexibility index (Phi) is 3.10. The minimum Gasteiger partial charge on any atom is -0.352 e. The summed E-state index contributed by atoms with van der Waals surface area (Å²) in [6, 6.07) is 7.17. The third-order valence-corrected chi connectivity index (χ3v) is 1.85. The smallest absolute Gasteiger partial charge is 0.312 e. The summed E-state index contributed by atoms with van der Waals surface area (Å²) in [6.45, 7) is 0.467. The molecular weight excluding hydrogens is 220 g/mol. The summed E-state index contributed by atoms with van der Waals surface area (Å²) in [5.74, 6) is 0. The summed E-state index contributed by atoms with van der Waals surface area (Å²) in [4.78, 5) is 10.4. The van der Waals surface area contributed by atoms with Crippen LogP contribution in [0.3, 0.4) is 0 Å². The first-order valence-electron chi connectivity index (χ1n) is 3.46. The van der Waals surface area contributed by atoms with Crippen molar-refractivity contribution in [1.82, 2.24) is 5.32 Å². The van der Waals surface area contributed by atoms with Crippen molar-refractivity contribution in [2.24, 2.45) is 5.73 Å². The molecule has 0 aliphatic rings. The van der Waals surface area contributed by atoms with Crippen molar-refractivity contribution in [3.63, 3.8) is 0 Å². The molecule has 3 nitrogen and oxygen atoms in total. The third-order valence-electron chi connectivity index (χ3n) is 1.36. The Morgan fingerprint density at radius 1 is 1.58 bits per heavy atom. The molecule has 3 N–H and O–H groups in total. The lowest BCUT2D eigenvalue weighted by atomic mass is 10.2. The lowest BCUT2D eigenvalue weighted by molar-refractivity contribution is 0.248. The van der Waals surface area contributed by atoms with Gasteiger partial charge in [-0.05, 0) is 17.7 Å². The topological polar surface area (TPSA) is 55.1 Å². The third kappa shape index (κ3) is 2.92. The van der Waals surface area contributed by atoms with Gasteiger partial charge in [-0.25, -0.2) is 4.79 Å². The lowest BCUT2D eigenvalue weighted by Gasteiger charge is -2.01. The Hall–Kier alpha value is -1.03. The Labute approximate surface area is 79.1 Å². The fraction of sp³-hybridized carbons (Fsp3) is 0.125. The Balaban J connectivity index is 2.57. The number of carbonyl (C=O) groups excluding carboxylic acids is 1. The molecule has 0 saturated carbocycles. The zero-order valence-electron chi connectivity index (χ0n) is 6.38. The van der Waals surface area contributed by atoms with Crippen LogP contribution in [0.25, 0.3) is 0 Å². The molecule has 0 aromatic heterocycles. The number of hydrogen-bond acceptors (Lipinski definition) is 1. The van der Waals surface area contributed by atoms with Crippen LogP contribution in [0.4, 0.5) is 4.79 Å². The normalized spacial score (nSPS) is 9.42. The van der Waals surface area contributed by atoms with Gasteiger partial charge in [-0.2, -0.15) is 0 Å². The summed E-state index contributed by atoms with van der Waals surface area (Å²) in [7, 11) is 0. The molecule has 1 aromatic carbocycles. The summed E-state index contributed by atoms with van der Waals surface area (Å²) in [5, 5.41) is 2.51. The van der Waals surface area contributed by atoms with Crippen molar-refractivity contribution in [2.75, 3.05) is 0 Å². The molecule has 2 amide bonds. The van der Waals surface area contributed by atoms with E-state index in [4.69, 9.17) is 5.73 Å². The van der Waals surface area contributed by atoms with E-state index in [-0.39, 0.29) is 0 Å². The van der Waals surface area contributed by atoms with Crippen LogP contribution in [0.15, 0.2) is 28.7 Å². The predicted molar refractivity (Wildman–Crippen MR) is 50.6 cm³/mol. The Morgan fingerprint density at radius 2 is 2.33 bits per heavy atom. The van der Waals surface area contributed by atoms with Gasteiger partial charge >= 0.3 is 6.03 Å². The number of benzene rings is 1. The number of urea groups is 1. The first-order valence-corrected chi connectivity index (χ1v) is 4.25. The molecule has 0 radical (unpaired) electrons. The van der Waals surface area contributed by atoms with Crippen molar-refractivity contribution < 1.29 is 4.79 Å². The van der Waals surface area contributed by atoms with E-state index in [9.17, 15) is 4.79 Å². The molecule has 0 spiro atoms. The second-order valence-electron chi connectivity index (χ2n) is 2.35. The fourth-order valence-corrected chi connectivity index (χ4v) is 1.28. The Bertz CT molecular complexity index is 288. The van der Waals surface area contributed by atoms with Gasteiger partial charge in [-0.1, -0.05) is 28.1 Å². The van der Waals surface area contributed by atoms with Crippen LogP contribution in [0.1, 0.15) is 5.56 Å². The molecule has 0 bridgehead atoms. The van der Waals surface area contributed by atoms with Gasteiger partial charge in [0, 0.05) is 11.0 Å². The van der Waals surface area contributed by atoms with Gasteiger partial charge in [0.2, 0.25) is 0 Å². The molecule has 0 saturated heterocycles. The highest BCUT2D eigenvalue weighted by atomic mass is 79.9. The highest BCUT2D eigenvalue weighted by molar-refractivity contribution is 9.10. The molecule has 0 fully saturated rings. The minimum absolute atomic E-state index is 0.467. The van der Waals surface area contributed by atoms with E-state index in [2.05, 4.69) is 21.2 Å². The number of nitrogens with one attached hydrogen (secondary N) is 1. The van der Waals surface area contributed by atoms with Gasteiger partial charge in [0.05, 0.1) is 0 Å². The highest BCUT2D eigenvalue weighted by Crippen LogP contribution is 2.10. The van der Waals surface area contributed by atoms with Crippen molar-refractivity contribution in [3.05, 3.63) is 34.3 Å². The zero-order valence-corrected chi connectivity index (χ0v) is 7.97. The van der Waals surface area contributed by atoms with Crippen molar-refractivity contribution in [1.29, 1.82) is 0 Å². The maximum absolute atomic E-state index is 10.4. The second-order valence-corrected chi connectivity index (χ2v) is 3.26. The Morgan fingerprint density at radius 3 is 2.92 bits per heavy atom. The first-order chi connectivity index (χ1) is 5.68. The van der Waals surface area contributed by atoms with E-state index in [1.807, 2.05) is 24.3 Å². The van der Waals surface area contributed by atoms with E-state index < -0.39 is 6.03 Å². The van der Waals surface area contributed by atoms with Gasteiger partial charge in [0.1, 0.15) is 0 Å². The monoisotopic (exact) mass is 228 g/mol. The van der Waals surface area contributed by atoms with E-state index in [0.717, 1.165) is 10.0 Å². The standard InChI is InChI=1S/C8H9BrN2O/c9-7-3-1-2-6(4-7)5-11-8(10)12/h1-4H,5H2,(H3,10,11,12). The van der Waals surface area contributed by atoms with Crippen LogP contribution in [-0.2, 0) is 6.54 Å². The predicted octanol–water partition coefficient (Wildman–Crippen LogP) is 1.62. The van der Waals surface area contributed by atoms with Gasteiger partial charge in [-0.3, -0.25) is 0 Å². The molecule has 64 valence electrons. The van der Waals surface area contributed by atoms with Gasteiger partial charge < -0.3 is 11.1 Å². The van der Waals surface area contributed by atoms with Crippen LogP contribution in [0.2, 0.25) is 0 Å². The van der Waals surface area contributed by atoms with Crippen molar-refractivity contribution in [3.8, 4) is 0 Å². The average molecular weight is 229 g/mol. The second kappa shape index (κ2) is 4.11. The van der Waals surface area contributed by atoms with Gasteiger partial charge in [0.25, 0.3) is 0 Å². The van der Waals surface area contributed by atoms with Gasteiger partial charge in [-0.15, -0.1) is 0 Å². The van der Waals surface area contributed by atoms with Crippen LogP contribution >= 0.6 is 15.9 Å². The van der Waals surface area contributed by atoms with Crippen molar-refractivity contribution >= 4 is 22.0 Å². The van der Waals surface area contributed by atoms with E-state index >= 15 is 0 Å². The van der Waals surface area contributed by atoms with Crippen LogP contribution < -0.4 is 11.1 Å². The molecule has 0 aliphatic heterocycles. The number of nitrogens with two attached hydrogens (primary N) is 1. The largest absolute Gasteiger partial charge is 0.352 e. The number of carbonyl (C=O) groups is 1. The molecule has 0 heterocycles. The molecule has 0 atom stereocenters. The molecule has 1 rings (SSSR count).